The molecule has 1 saturated carbocycles. The summed E-state index contributed by atoms with van der Waals surface area (Å²) in [6.07, 6.45) is 6.15. The Kier molecular flexibility index (Phi) is 5.63. The van der Waals surface area contributed by atoms with Crippen LogP contribution in [0.5, 0.6) is 0 Å². The number of thioether (sulfide) groups is 1. The van der Waals surface area contributed by atoms with Crippen molar-refractivity contribution < 1.29 is 4.79 Å². The lowest BCUT2D eigenvalue weighted by molar-refractivity contribution is -0.117. The minimum atomic E-state index is -0.0177. The number of amides is 1. The summed E-state index contributed by atoms with van der Waals surface area (Å²) in [6.45, 7) is 3.31. The van der Waals surface area contributed by atoms with E-state index in [0.717, 1.165) is 31.7 Å². The molecule has 0 spiro atoms. The number of nitrogens with one attached hydrogen (secondary N) is 2. The van der Waals surface area contributed by atoms with E-state index in [-0.39, 0.29) is 11.9 Å². The number of hydrogen-bond donors (Lipinski definition) is 2. The summed E-state index contributed by atoms with van der Waals surface area (Å²) < 4.78 is 0. The van der Waals surface area contributed by atoms with Crippen LogP contribution in [0.2, 0.25) is 0 Å². The van der Waals surface area contributed by atoms with Crippen LogP contribution in [0.15, 0.2) is 24.3 Å². The highest BCUT2D eigenvalue weighted by atomic mass is 32.2. The molecule has 0 aromatic heterocycles. The first kappa shape index (κ1) is 17.4. The summed E-state index contributed by atoms with van der Waals surface area (Å²) in [5.74, 6) is 3.30. The van der Waals surface area contributed by atoms with Gasteiger partial charge in [0.2, 0.25) is 5.91 Å². The van der Waals surface area contributed by atoms with Gasteiger partial charge in [-0.15, -0.1) is 0 Å². The van der Waals surface area contributed by atoms with Gasteiger partial charge >= 0.3 is 0 Å². The molecule has 1 aliphatic carbocycles. The van der Waals surface area contributed by atoms with Gasteiger partial charge in [0.05, 0.1) is 6.04 Å². The lowest BCUT2D eigenvalue weighted by atomic mass is 9.85. The number of hydrogen-bond acceptors (Lipinski definition) is 4. The summed E-state index contributed by atoms with van der Waals surface area (Å²) in [4.78, 5) is 15.2. The van der Waals surface area contributed by atoms with E-state index >= 15 is 0 Å². The van der Waals surface area contributed by atoms with Crippen LogP contribution in [0.1, 0.15) is 37.7 Å². The first-order valence-electron chi connectivity index (χ1n) is 9.74. The predicted octanol–water partition coefficient (Wildman–Crippen LogP) is 3.09. The number of anilines is 1. The second-order valence-electron chi connectivity index (χ2n) is 7.68. The lowest BCUT2D eigenvalue weighted by Gasteiger charge is -2.26. The van der Waals surface area contributed by atoms with Crippen molar-refractivity contribution in [3.8, 4) is 0 Å². The maximum atomic E-state index is 12.7. The van der Waals surface area contributed by atoms with E-state index in [1.54, 1.807) is 0 Å². The predicted molar refractivity (Wildman–Crippen MR) is 105 cm³/mol. The highest BCUT2D eigenvalue weighted by Gasteiger charge is 2.38. The third-order valence-corrected chi connectivity index (χ3v) is 6.83. The molecule has 4 rings (SSSR count). The quantitative estimate of drug-likeness (QED) is 0.867. The topological polar surface area (TPSA) is 44.4 Å². The molecule has 1 aromatic rings. The fourth-order valence-electron chi connectivity index (χ4n) is 4.52. The van der Waals surface area contributed by atoms with E-state index < -0.39 is 0 Å². The summed E-state index contributed by atoms with van der Waals surface area (Å²) >= 11 is 2.04. The average Bonchev–Trinajstić information content (AvgIpc) is 3.07. The number of benzene rings is 1. The lowest BCUT2D eigenvalue weighted by Crippen LogP contribution is -2.39. The van der Waals surface area contributed by atoms with Crippen LogP contribution >= 0.6 is 11.8 Å². The van der Waals surface area contributed by atoms with Gasteiger partial charge in [0, 0.05) is 42.9 Å². The third kappa shape index (κ3) is 4.39. The van der Waals surface area contributed by atoms with Crippen molar-refractivity contribution in [2.75, 3.05) is 29.9 Å². The first-order valence-corrected chi connectivity index (χ1v) is 10.9. The number of fused-ring (bicyclic) bond motifs is 1. The third-order valence-electron chi connectivity index (χ3n) is 5.88. The Morgan fingerprint density at radius 1 is 1.24 bits per heavy atom. The maximum absolute atomic E-state index is 12.7. The molecule has 3 aliphatic rings. The number of carbonyl (C=O) groups is 1. The molecule has 2 saturated heterocycles. The smallest absolute Gasteiger partial charge is 0.241 e. The van der Waals surface area contributed by atoms with Crippen LogP contribution in [-0.4, -0.2) is 47.5 Å². The van der Waals surface area contributed by atoms with Crippen LogP contribution in [0, 0.1) is 5.92 Å². The summed E-state index contributed by atoms with van der Waals surface area (Å²) in [5.41, 5.74) is 2.23. The molecule has 0 bridgehead atoms. The molecule has 136 valence electrons. The zero-order valence-electron chi connectivity index (χ0n) is 14.9. The largest absolute Gasteiger partial charge is 0.325 e. The molecule has 3 atom stereocenters. The first-order chi connectivity index (χ1) is 12.3. The Morgan fingerprint density at radius 2 is 2.08 bits per heavy atom. The van der Waals surface area contributed by atoms with Gasteiger partial charge < -0.3 is 10.6 Å². The highest BCUT2D eigenvalue weighted by Crippen LogP contribution is 2.33. The van der Waals surface area contributed by atoms with Gasteiger partial charge in [-0.25, -0.2) is 0 Å². The SMILES string of the molecule is O=C(Nc1cccc(CN2CCSCC2)c1)C1CC2CCCCC2N1. The highest BCUT2D eigenvalue weighted by molar-refractivity contribution is 7.99. The molecular formula is C20H29N3OS. The van der Waals surface area contributed by atoms with Crippen molar-refractivity contribution in [3.05, 3.63) is 29.8 Å². The van der Waals surface area contributed by atoms with Crippen LogP contribution in [0.3, 0.4) is 0 Å². The van der Waals surface area contributed by atoms with Crippen molar-refractivity contribution >= 4 is 23.4 Å². The van der Waals surface area contributed by atoms with Crippen molar-refractivity contribution in [2.24, 2.45) is 5.92 Å². The van der Waals surface area contributed by atoms with Gasteiger partial charge in [0.15, 0.2) is 0 Å². The molecule has 3 fully saturated rings. The van der Waals surface area contributed by atoms with E-state index in [1.165, 1.54) is 42.8 Å². The van der Waals surface area contributed by atoms with Crippen molar-refractivity contribution in [3.63, 3.8) is 0 Å². The maximum Gasteiger partial charge on any atom is 0.241 e. The number of rotatable bonds is 4. The van der Waals surface area contributed by atoms with Crippen molar-refractivity contribution in [1.29, 1.82) is 0 Å². The summed E-state index contributed by atoms with van der Waals surface area (Å²) in [6, 6.07) is 8.92. The van der Waals surface area contributed by atoms with E-state index in [0.29, 0.717) is 12.0 Å². The Bertz CT molecular complexity index is 588. The standard InChI is InChI=1S/C20H29N3OS/c24-20(19-13-16-5-1-2-7-18(16)22-19)21-17-6-3-4-15(12-17)14-23-8-10-25-11-9-23/h3-4,6,12,16,18-19,22H,1-2,5,7-11,13-14H2,(H,21,24). The van der Waals surface area contributed by atoms with E-state index in [9.17, 15) is 4.79 Å². The van der Waals surface area contributed by atoms with E-state index in [2.05, 4.69) is 33.7 Å². The van der Waals surface area contributed by atoms with Crippen LogP contribution < -0.4 is 10.6 Å². The second-order valence-corrected chi connectivity index (χ2v) is 8.91. The molecule has 4 nitrogen and oxygen atoms in total. The minimum absolute atomic E-state index is 0.0177. The average molecular weight is 360 g/mol. The Labute approximate surface area is 155 Å². The van der Waals surface area contributed by atoms with Gasteiger partial charge in [-0.2, -0.15) is 11.8 Å². The van der Waals surface area contributed by atoms with Crippen LogP contribution in [0.25, 0.3) is 0 Å². The molecule has 0 radical (unpaired) electrons. The monoisotopic (exact) mass is 359 g/mol. The summed E-state index contributed by atoms with van der Waals surface area (Å²) in [5, 5.41) is 6.72. The number of nitrogens with zero attached hydrogens (tertiary/aromatic N) is 1. The zero-order valence-corrected chi connectivity index (χ0v) is 15.7. The summed E-state index contributed by atoms with van der Waals surface area (Å²) in [7, 11) is 0. The van der Waals surface area contributed by atoms with E-state index in [1.807, 2.05) is 17.8 Å². The zero-order chi connectivity index (χ0) is 17.1. The molecule has 2 aliphatic heterocycles. The molecule has 3 unspecified atom stereocenters. The van der Waals surface area contributed by atoms with Crippen molar-refractivity contribution in [2.45, 2.75) is 50.7 Å². The van der Waals surface area contributed by atoms with Gasteiger partial charge in [-0.1, -0.05) is 25.0 Å². The van der Waals surface area contributed by atoms with Gasteiger partial charge in [-0.3, -0.25) is 9.69 Å². The molecule has 2 N–H and O–H groups in total. The Morgan fingerprint density at radius 3 is 2.92 bits per heavy atom. The van der Waals surface area contributed by atoms with Crippen LogP contribution in [0.4, 0.5) is 5.69 Å². The van der Waals surface area contributed by atoms with Gasteiger partial charge in [0.1, 0.15) is 0 Å². The normalized spacial score (nSPS) is 30.0. The van der Waals surface area contributed by atoms with Gasteiger partial charge in [0.25, 0.3) is 0 Å². The molecule has 5 heteroatoms. The molecule has 2 heterocycles. The Balaban J connectivity index is 1.34. The van der Waals surface area contributed by atoms with Gasteiger partial charge in [-0.05, 0) is 42.9 Å². The molecule has 25 heavy (non-hydrogen) atoms. The fourth-order valence-corrected chi connectivity index (χ4v) is 5.49. The second kappa shape index (κ2) is 8.11. The van der Waals surface area contributed by atoms with Crippen molar-refractivity contribution in [1.82, 2.24) is 10.2 Å². The number of carbonyl (C=O) groups excluding carboxylic acids is 1. The minimum Gasteiger partial charge on any atom is -0.325 e. The molecule has 1 amide bonds. The van der Waals surface area contributed by atoms with E-state index in [4.69, 9.17) is 0 Å². The Hall–Kier alpha value is -1.04. The fraction of sp³-hybridized carbons (Fsp3) is 0.650. The molecule has 1 aromatic carbocycles. The van der Waals surface area contributed by atoms with Crippen LogP contribution in [-0.2, 0) is 11.3 Å². The molecular weight excluding hydrogens is 330 g/mol.